The molecule has 0 aliphatic heterocycles. The highest BCUT2D eigenvalue weighted by molar-refractivity contribution is 7.89. The second-order valence-electron chi connectivity index (χ2n) is 8.36. The zero-order valence-electron chi connectivity index (χ0n) is 20.8. The van der Waals surface area contributed by atoms with Crippen LogP contribution in [0.5, 0.6) is 5.75 Å². The number of nitrogens with one attached hydrogen (secondary N) is 2. The van der Waals surface area contributed by atoms with Gasteiger partial charge in [-0.2, -0.15) is 0 Å². The Morgan fingerprint density at radius 2 is 1.53 bits per heavy atom. The lowest BCUT2D eigenvalue weighted by Crippen LogP contribution is -2.29. The average Bonchev–Trinajstić information content (AvgIpc) is 2.93. The van der Waals surface area contributed by atoms with E-state index in [1.54, 1.807) is 66.7 Å². The van der Waals surface area contributed by atoms with E-state index in [4.69, 9.17) is 9.47 Å². The van der Waals surface area contributed by atoms with Crippen molar-refractivity contribution in [2.45, 2.75) is 24.3 Å². The number of fused-ring (bicyclic) bond motifs is 1. The zero-order valence-corrected chi connectivity index (χ0v) is 21.6. The van der Waals surface area contributed by atoms with Crippen LogP contribution in [0, 0.1) is 0 Å². The van der Waals surface area contributed by atoms with Gasteiger partial charge in [0.05, 0.1) is 23.6 Å². The number of benzene rings is 4. The van der Waals surface area contributed by atoms with Gasteiger partial charge in [-0.3, -0.25) is 9.59 Å². The molecule has 0 aliphatic carbocycles. The predicted molar refractivity (Wildman–Crippen MR) is 145 cm³/mol. The van der Waals surface area contributed by atoms with Gasteiger partial charge in [0.2, 0.25) is 16.1 Å². The van der Waals surface area contributed by atoms with Crippen molar-refractivity contribution in [2.75, 3.05) is 18.5 Å². The molecule has 8 nitrogen and oxygen atoms in total. The Bertz CT molecular complexity index is 1520. The predicted octanol–water partition coefficient (Wildman–Crippen LogP) is 4.83. The van der Waals surface area contributed by atoms with Crippen molar-refractivity contribution in [1.82, 2.24) is 4.72 Å². The van der Waals surface area contributed by atoms with Crippen molar-refractivity contribution in [1.29, 1.82) is 0 Å². The van der Waals surface area contributed by atoms with E-state index in [9.17, 15) is 18.0 Å². The fourth-order valence-corrected chi connectivity index (χ4v) is 4.91. The Hall–Kier alpha value is -4.21. The van der Waals surface area contributed by atoms with E-state index in [1.165, 1.54) is 6.07 Å². The van der Waals surface area contributed by atoms with Gasteiger partial charge in [0.1, 0.15) is 5.75 Å². The molecule has 4 aromatic carbocycles. The Morgan fingerprint density at radius 3 is 2.29 bits per heavy atom. The Morgan fingerprint density at radius 1 is 0.842 bits per heavy atom. The molecule has 4 rings (SSSR count). The molecule has 1 atom stereocenters. The minimum Gasteiger partial charge on any atom is -0.492 e. The first-order valence-electron chi connectivity index (χ1n) is 12.1. The van der Waals surface area contributed by atoms with Crippen molar-refractivity contribution in [3.05, 3.63) is 103 Å². The molecule has 0 fully saturated rings. The van der Waals surface area contributed by atoms with Gasteiger partial charge in [0, 0.05) is 12.1 Å². The first-order chi connectivity index (χ1) is 18.4. The van der Waals surface area contributed by atoms with Crippen molar-refractivity contribution >= 4 is 38.4 Å². The number of carbonyl (C=O) groups excluding carboxylic acids is 2. The van der Waals surface area contributed by atoms with Crippen LogP contribution in [-0.2, 0) is 24.3 Å². The molecule has 196 valence electrons. The van der Waals surface area contributed by atoms with E-state index < -0.39 is 28.0 Å². The van der Waals surface area contributed by atoms with E-state index in [1.807, 2.05) is 31.2 Å². The third-order valence-electron chi connectivity index (χ3n) is 5.69. The SMILES string of the molecule is CCOc1ccccc1NC(=O)C(OC(=O)CCNS(=O)(=O)c1ccc2ccccc2c1)c1ccccc1. The van der Waals surface area contributed by atoms with Crippen LogP contribution in [-0.4, -0.2) is 33.4 Å². The Labute approximate surface area is 221 Å². The van der Waals surface area contributed by atoms with Crippen LogP contribution in [0.3, 0.4) is 0 Å². The molecule has 1 unspecified atom stereocenters. The summed E-state index contributed by atoms with van der Waals surface area (Å²) in [7, 11) is -3.85. The summed E-state index contributed by atoms with van der Waals surface area (Å²) in [4.78, 5) is 26.0. The summed E-state index contributed by atoms with van der Waals surface area (Å²) in [6.07, 6.45) is -1.51. The number of hydrogen-bond donors (Lipinski definition) is 2. The standard InChI is InChI=1S/C29H28N2O6S/c1-2-36-26-15-9-8-14-25(26)31-29(33)28(22-11-4-3-5-12-22)37-27(32)18-19-30-38(34,35)24-17-16-21-10-6-7-13-23(21)20-24/h3-17,20,28,30H,2,18-19H2,1H3,(H,31,33). The molecule has 4 aromatic rings. The summed E-state index contributed by atoms with van der Waals surface area (Å²) in [5, 5.41) is 4.47. The molecule has 1 amide bonds. The first-order valence-corrected chi connectivity index (χ1v) is 13.6. The smallest absolute Gasteiger partial charge is 0.308 e. The van der Waals surface area contributed by atoms with Gasteiger partial charge in [-0.1, -0.05) is 72.8 Å². The van der Waals surface area contributed by atoms with Gasteiger partial charge < -0.3 is 14.8 Å². The Kier molecular flexibility index (Phi) is 8.73. The normalized spacial score (nSPS) is 12.0. The summed E-state index contributed by atoms with van der Waals surface area (Å²) >= 11 is 0. The van der Waals surface area contributed by atoms with Crippen molar-refractivity contribution < 1.29 is 27.5 Å². The zero-order chi connectivity index (χ0) is 27.0. The highest BCUT2D eigenvalue weighted by Gasteiger charge is 2.26. The Balaban J connectivity index is 1.41. The monoisotopic (exact) mass is 532 g/mol. The molecular formula is C29H28N2O6S. The first kappa shape index (κ1) is 26.8. The van der Waals surface area contributed by atoms with Gasteiger partial charge in [0.15, 0.2) is 0 Å². The maximum atomic E-state index is 13.2. The van der Waals surface area contributed by atoms with Crippen LogP contribution in [0.2, 0.25) is 0 Å². The molecule has 0 aliphatic rings. The topological polar surface area (TPSA) is 111 Å². The maximum absolute atomic E-state index is 13.2. The van der Waals surface area contributed by atoms with E-state index in [-0.39, 0.29) is 17.9 Å². The van der Waals surface area contributed by atoms with Gasteiger partial charge in [-0.05, 0) is 42.0 Å². The average molecular weight is 533 g/mol. The van der Waals surface area contributed by atoms with Gasteiger partial charge >= 0.3 is 5.97 Å². The molecule has 2 N–H and O–H groups in total. The van der Waals surface area contributed by atoms with Crippen LogP contribution < -0.4 is 14.8 Å². The highest BCUT2D eigenvalue weighted by Crippen LogP contribution is 2.27. The van der Waals surface area contributed by atoms with E-state index in [0.717, 1.165) is 10.8 Å². The highest BCUT2D eigenvalue weighted by atomic mass is 32.2. The molecule has 0 radical (unpaired) electrons. The molecule has 0 saturated carbocycles. The molecular weight excluding hydrogens is 504 g/mol. The fraction of sp³-hybridized carbons (Fsp3) is 0.172. The number of sulfonamides is 1. The number of rotatable bonds is 11. The number of ether oxygens (including phenoxy) is 2. The number of anilines is 1. The summed E-state index contributed by atoms with van der Waals surface area (Å²) in [6.45, 7) is 2.06. The summed E-state index contributed by atoms with van der Waals surface area (Å²) in [6, 6.07) is 27.8. The van der Waals surface area contributed by atoms with E-state index in [2.05, 4.69) is 10.0 Å². The largest absolute Gasteiger partial charge is 0.492 e. The number of carbonyl (C=O) groups is 2. The van der Waals surface area contributed by atoms with Crippen molar-refractivity contribution in [3.63, 3.8) is 0 Å². The van der Waals surface area contributed by atoms with Crippen molar-refractivity contribution in [2.24, 2.45) is 0 Å². The molecule has 38 heavy (non-hydrogen) atoms. The number of hydrogen-bond acceptors (Lipinski definition) is 6. The maximum Gasteiger partial charge on any atom is 0.308 e. The number of esters is 1. The van der Waals surface area contributed by atoms with Gasteiger partial charge in [-0.25, -0.2) is 13.1 Å². The van der Waals surface area contributed by atoms with Crippen LogP contribution >= 0.6 is 0 Å². The molecule has 0 aromatic heterocycles. The summed E-state index contributed by atoms with van der Waals surface area (Å²) < 4.78 is 39.0. The second-order valence-corrected chi connectivity index (χ2v) is 10.1. The van der Waals surface area contributed by atoms with E-state index >= 15 is 0 Å². The van der Waals surface area contributed by atoms with E-state index in [0.29, 0.717) is 23.6 Å². The minimum absolute atomic E-state index is 0.0964. The third-order valence-corrected chi connectivity index (χ3v) is 7.15. The quantitative estimate of drug-likeness (QED) is 0.268. The molecule has 0 heterocycles. The lowest BCUT2D eigenvalue weighted by molar-refractivity contribution is -0.154. The lowest BCUT2D eigenvalue weighted by atomic mass is 10.1. The molecule has 9 heteroatoms. The van der Waals surface area contributed by atoms with Crippen LogP contribution in [0.25, 0.3) is 10.8 Å². The molecule has 0 bridgehead atoms. The minimum atomic E-state index is -3.85. The van der Waals surface area contributed by atoms with Gasteiger partial charge in [-0.15, -0.1) is 0 Å². The second kappa shape index (κ2) is 12.4. The lowest BCUT2D eigenvalue weighted by Gasteiger charge is -2.19. The van der Waals surface area contributed by atoms with Crippen molar-refractivity contribution in [3.8, 4) is 5.75 Å². The summed E-state index contributed by atoms with van der Waals surface area (Å²) in [5.41, 5.74) is 0.920. The van der Waals surface area contributed by atoms with Crippen LogP contribution in [0.4, 0.5) is 5.69 Å². The molecule has 0 saturated heterocycles. The summed E-state index contributed by atoms with van der Waals surface area (Å²) in [5.74, 6) is -0.800. The van der Waals surface area contributed by atoms with Crippen LogP contribution in [0.15, 0.2) is 102 Å². The third kappa shape index (κ3) is 6.76. The number of amides is 1. The fourth-order valence-electron chi connectivity index (χ4n) is 3.85. The molecule has 0 spiro atoms. The number of para-hydroxylation sites is 2. The van der Waals surface area contributed by atoms with Crippen LogP contribution in [0.1, 0.15) is 25.0 Å². The van der Waals surface area contributed by atoms with Gasteiger partial charge in [0.25, 0.3) is 5.91 Å².